The molecular weight excluding hydrogens is 620 g/mol. The standard InChI is InChI=1S/C29H36O17/c1-40-15-3-10(4-16(41-2)20(15)34)26-17(7-12-13(33)5-11(32)6-14(12)42-26)43-29-25(39)27(22(36)19(9-31)45-29)46-28-24(38)23(37)21(35)18(8-30)44-28/h3-7,14,18-19,21-25,27-39H,8-9H2,1-2H3. The van der Waals surface area contributed by atoms with Gasteiger partial charge in [-0.3, -0.25) is 0 Å². The lowest BCUT2D eigenvalue weighted by Crippen LogP contribution is -2.64. The average molecular weight is 657 g/mol. The molecule has 0 aromatic heterocycles. The average Bonchev–Trinajstić information content (AvgIpc) is 3.04. The van der Waals surface area contributed by atoms with Crippen molar-refractivity contribution in [3.63, 3.8) is 0 Å². The van der Waals surface area contributed by atoms with Gasteiger partial charge in [-0.15, -0.1) is 0 Å². The number of ether oxygens (including phenoxy) is 7. The molecule has 2 fully saturated rings. The molecule has 10 N–H and O–H groups in total. The molecular formula is C29H36O17. The van der Waals surface area contributed by atoms with Crippen molar-refractivity contribution in [3.05, 3.63) is 58.8 Å². The third-order valence-corrected chi connectivity index (χ3v) is 7.91. The molecule has 4 aliphatic rings. The molecule has 46 heavy (non-hydrogen) atoms. The molecule has 0 saturated carbocycles. The van der Waals surface area contributed by atoms with E-state index in [1.807, 2.05) is 0 Å². The van der Waals surface area contributed by atoms with Gasteiger partial charge < -0.3 is 84.2 Å². The zero-order chi connectivity index (χ0) is 33.4. The Morgan fingerprint density at radius 1 is 0.739 bits per heavy atom. The van der Waals surface area contributed by atoms with Crippen molar-refractivity contribution in [2.75, 3.05) is 27.4 Å². The van der Waals surface area contributed by atoms with E-state index < -0.39 is 80.7 Å². The first-order valence-corrected chi connectivity index (χ1v) is 14.1. The SMILES string of the molecule is COc1cc(C2=C(OC3OC(CO)C(O)C(OC4OC(CO)C(O)C(O)C4O)C3O)C=C3C(O)=CC(O)=CC3O2)cc(OC)c1O. The van der Waals surface area contributed by atoms with Crippen LogP contribution in [-0.2, 0) is 23.7 Å². The molecule has 0 spiro atoms. The molecule has 254 valence electrons. The van der Waals surface area contributed by atoms with E-state index in [1.165, 1.54) is 38.5 Å². The van der Waals surface area contributed by atoms with Crippen LogP contribution in [0.15, 0.2) is 53.2 Å². The highest BCUT2D eigenvalue weighted by atomic mass is 16.7. The van der Waals surface area contributed by atoms with Crippen molar-refractivity contribution in [1.82, 2.24) is 0 Å². The van der Waals surface area contributed by atoms with Gasteiger partial charge in [-0.2, -0.15) is 0 Å². The summed E-state index contributed by atoms with van der Waals surface area (Å²) >= 11 is 0. The van der Waals surface area contributed by atoms with Crippen LogP contribution in [-0.4, -0.2) is 146 Å². The zero-order valence-electron chi connectivity index (χ0n) is 24.5. The predicted molar refractivity (Wildman–Crippen MR) is 150 cm³/mol. The summed E-state index contributed by atoms with van der Waals surface area (Å²) in [7, 11) is 2.60. The van der Waals surface area contributed by atoms with Gasteiger partial charge in [-0.25, -0.2) is 0 Å². The van der Waals surface area contributed by atoms with E-state index in [-0.39, 0.29) is 51.4 Å². The summed E-state index contributed by atoms with van der Waals surface area (Å²) in [5.41, 5.74) is 0.337. The lowest BCUT2D eigenvalue weighted by Gasteiger charge is -2.46. The zero-order valence-corrected chi connectivity index (χ0v) is 24.5. The summed E-state index contributed by atoms with van der Waals surface area (Å²) in [5.74, 6) is -1.27. The fraction of sp³-hybridized carbons (Fsp3) is 0.517. The number of hydrogen-bond donors (Lipinski definition) is 10. The van der Waals surface area contributed by atoms with Crippen LogP contribution in [0.4, 0.5) is 0 Å². The Balaban J connectivity index is 1.52. The number of benzene rings is 1. The first-order chi connectivity index (χ1) is 21.9. The molecule has 0 amide bonds. The molecule has 5 rings (SSSR count). The van der Waals surface area contributed by atoms with Crippen molar-refractivity contribution < 1.29 is 84.2 Å². The Morgan fingerprint density at radius 3 is 1.96 bits per heavy atom. The maximum absolute atomic E-state index is 11.3. The molecule has 11 unspecified atom stereocenters. The van der Waals surface area contributed by atoms with Gasteiger partial charge in [0.05, 0.1) is 27.4 Å². The van der Waals surface area contributed by atoms with Gasteiger partial charge in [0.15, 0.2) is 29.3 Å². The van der Waals surface area contributed by atoms with Gasteiger partial charge in [0, 0.05) is 23.3 Å². The van der Waals surface area contributed by atoms with Crippen LogP contribution in [0.5, 0.6) is 17.2 Å². The number of aliphatic hydroxyl groups excluding tert-OH is 9. The summed E-state index contributed by atoms with van der Waals surface area (Å²) in [6.45, 7) is -1.56. The third-order valence-electron chi connectivity index (χ3n) is 7.91. The summed E-state index contributed by atoms with van der Waals surface area (Å²) < 4.78 is 39.2. The molecule has 1 aliphatic carbocycles. The third kappa shape index (κ3) is 6.21. The molecule has 3 aliphatic heterocycles. The van der Waals surface area contributed by atoms with Gasteiger partial charge >= 0.3 is 0 Å². The van der Waals surface area contributed by atoms with E-state index in [1.54, 1.807) is 0 Å². The van der Waals surface area contributed by atoms with Crippen molar-refractivity contribution in [1.29, 1.82) is 0 Å². The van der Waals surface area contributed by atoms with Gasteiger partial charge in [0.25, 0.3) is 0 Å². The highest BCUT2D eigenvalue weighted by Crippen LogP contribution is 2.43. The van der Waals surface area contributed by atoms with E-state index in [2.05, 4.69) is 0 Å². The Bertz CT molecular complexity index is 1380. The minimum absolute atomic E-state index is 0.0187. The Kier molecular flexibility index (Phi) is 9.99. The highest BCUT2D eigenvalue weighted by molar-refractivity contribution is 5.72. The Morgan fingerprint density at radius 2 is 1.35 bits per heavy atom. The van der Waals surface area contributed by atoms with Crippen molar-refractivity contribution in [3.8, 4) is 17.2 Å². The van der Waals surface area contributed by atoms with Crippen LogP contribution < -0.4 is 9.47 Å². The van der Waals surface area contributed by atoms with E-state index in [0.29, 0.717) is 0 Å². The monoisotopic (exact) mass is 656 g/mol. The number of allylic oxidation sites excluding steroid dienone is 2. The summed E-state index contributed by atoms with van der Waals surface area (Å²) in [5, 5.41) is 103. The number of fused-ring (bicyclic) bond motifs is 1. The minimum Gasteiger partial charge on any atom is -0.508 e. The van der Waals surface area contributed by atoms with Crippen molar-refractivity contribution in [2.24, 2.45) is 0 Å². The Hall–Kier alpha value is -3.62. The van der Waals surface area contributed by atoms with Crippen LogP contribution in [0.3, 0.4) is 0 Å². The first kappa shape index (κ1) is 33.7. The second-order valence-electron chi connectivity index (χ2n) is 10.8. The minimum atomic E-state index is -1.89. The summed E-state index contributed by atoms with van der Waals surface area (Å²) in [6, 6.07) is 2.75. The molecule has 2 saturated heterocycles. The largest absolute Gasteiger partial charge is 0.508 e. The number of phenolic OH excluding ortho intramolecular Hbond substituents is 1. The number of phenols is 1. The highest BCUT2D eigenvalue weighted by Gasteiger charge is 2.51. The maximum atomic E-state index is 11.3. The maximum Gasteiger partial charge on any atom is 0.229 e. The first-order valence-electron chi connectivity index (χ1n) is 14.1. The normalized spacial score (nSPS) is 36.1. The van der Waals surface area contributed by atoms with Crippen LogP contribution in [0.2, 0.25) is 0 Å². The van der Waals surface area contributed by atoms with Gasteiger partial charge in [0.1, 0.15) is 66.5 Å². The van der Waals surface area contributed by atoms with Crippen molar-refractivity contribution >= 4 is 5.76 Å². The molecule has 1 aromatic rings. The quantitative estimate of drug-likeness (QED) is 0.137. The van der Waals surface area contributed by atoms with Gasteiger partial charge in [-0.1, -0.05) is 0 Å². The fourth-order valence-electron chi connectivity index (χ4n) is 5.40. The number of methoxy groups -OCH3 is 2. The molecule has 17 heteroatoms. The molecule has 11 atom stereocenters. The second kappa shape index (κ2) is 13.6. The van der Waals surface area contributed by atoms with Gasteiger partial charge in [-0.05, 0) is 18.2 Å². The van der Waals surface area contributed by atoms with E-state index in [4.69, 9.17) is 33.2 Å². The van der Waals surface area contributed by atoms with Crippen LogP contribution in [0.1, 0.15) is 5.56 Å². The lowest BCUT2D eigenvalue weighted by molar-refractivity contribution is -0.356. The molecule has 0 bridgehead atoms. The molecule has 0 radical (unpaired) electrons. The van der Waals surface area contributed by atoms with Crippen LogP contribution >= 0.6 is 0 Å². The van der Waals surface area contributed by atoms with Crippen molar-refractivity contribution in [2.45, 2.75) is 67.5 Å². The lowest BCUT2D eigenvalue weighted by atomic mass is 9.96. The van der Waals surface area contributed by atoms with Crippen LogP contribution in [0.25, 0.3) is 5.76 Å². The summed E-state index contributed by atoms with van der Waals surface area (Å²) in [4.78, 5) is 0. The second-order valence-corrected chi connectivity index (χ2v) is 10.8. The number of hydrogen-bond acceptors (Lipinski definition) is 17. The molecule has 3 heterocycles. The summed E-state index contributed by atoms with van der Waals surface area (Å²) in [6.07, 6.45) is -14.4. The number of aromatic hydroxyl groups is 1. The molecule has 1 aromatic carbocycles. The topological polar surface area (TPSA) is 267 Å². The van der Waals surface area contributed by atoms with E-state index in [0.717, 1.165) is 6.08 Å². The fourth-order valence-corrected chi connectivity index (χ4v) is 5.40. The Labute approximate surface area is 261 Å². The smallest absolute Gasteiger partial charge is 0.229 e. The predicted octanol–water partition coefficient (Wildman–Crippen LogP) is -2.06. The van der Waals surface area contributed by atoms with E-state index in [9.17, 15) is 51.1 Å². The van der Waals surface area contributed by atoms with Crippen LogP contribution in [0, 0.1) is 0 Å². The van der Waals surface area contributed by atoms with Gasteiger partial charge in [0.2, 0.25) is 12.0 Å². The number of rotatable bonds is 9. The number of aliphatic hydroxyl groups is 9. The molecule has 17 nitrogen and oxygen atoms in total. The van der Waals surface area contributed by atoms with E-state index >= 15 is 0 Å².